The number of halogens is 3. The molecule has 1 N–H and O–H groups in total. The Morgan fingerprint density at radius 1 is 1.21 bits per heavy atom. The maximum Gasteiger partial charge on any atom is 0.418 e. The molecule has 0 aliphatic rings. The van der Waals surface area contributed by atoms with Gasteiger partial charge in [0.25, 0.3) is 0 Å². The molecular formula is C16H16F3N5. The lowest BCUT2D eigenvalue weighted by atomic mass is 10.1. The minimum absolute atomic E-state index is 0.0648. The van der Waals surface area contributed by atoms with E-state index in [-0.39, 0.29) is 5.52 Å². The Morgan fingerprint density at radius 2 is 2.04 bits per heavy atom. The number of pyridine rings is 1. The summed E-state index contributed by atoms with van der Waals surface area (Å²) < 4.78 is 41.3. The molecule has 0 bridgehead atoms. The maximum absolute atomic E-state index is 13.1. The summed E-state index contributed by atoms with van der Waals surface area (Å²) in [6, 6.07) is 5.70. The van der Waals surface area contributed by atoms with E-state index in [0.717, 1.165) is 24.9 Å². The van der Waals surface area contributed by atoms with Crippen molar-refractivity contribution in [2.45, 2.75) is 32.6 Å². The van der Waals surface area contributed by atoms with E-state index in [1.807, 2.05) is 11.5 Å². The lowest BCUT2D eigenvalue weighted by Gasteiger charge is -2.13. The third-order valence-electron chi connectivity index (χ3n) is 3.67. The van der Waals surface area contributed by atoms with Crippen molar-refractivity contribution in [1.82, 2.24) is 19.7 Å². The lowest BCUT2D eigenvalue weighted by molar-refractivity contribution is -0.136. The molecule has 2 heterocycles. The minimum atomic E-state index is -4.44. The van der Waals surface area contributed by atoms with Crippen molar-refractivity contribution in [1.29, 1.82) is 0 Å². The molecule has 0 unspecified atom stereocenters. The number of nitrogens with one attached hydrogen (secondary N) is 1. The number of anilines is 1. The predicted octanol–water partition coefficient (Wildman–Crippen LogP) is 3.87. The van der Waals surface area contributed by atoms with E-state index < -0.39 is 11.7 Å². The fourth-order valence-electron chi connectivity index (χ4n) is 2.58. The molecule has 3 rings (SSSR count). The number of hydrogen-bond acceptors (Lipinski definition) is 4. The lowest BCUT2D eigenvalue weighted by Crippen LogP contribution is -2.10. The summed E-state index contributed by atoms with van der Waals surface area (Å²) in [6.07, 6.45) is -0.478. The largest absolute Gasteiger partial charge is 0.418 e. The summed E-state index contributed by atoms with van der Waals surface area (Å²) in [5, 5.41) is 11.5. The molecule has 0 atom stereocenters. The highest BCUT2D eigenvalue weighted by molar-refractivity contribution is 5.93. The molecule has 2 aromatic heterocycles. The van der Waals surface area contributed by atoms with Gasteiger partial charge >= 0.3 is 6.18 Å². The van der Waals surface area contributed by atoms with Crippen LogP contribution in [0.15, 0.2) is 36.8 Å². The van der Waals surface area contributed by atoms with Crippen LogP contribution in [0.2, 0.25) is 0 Å². The molecule has 3 aromatic rings. The molecule has 126 valence electrons. The maximum atomic E-state index is 13.1. The van der Waals surface area contributed by atoms with Gasteiger partial charge in [0, 0.05) is 23.8 Å². The number of benzene rings is 1. The number of hydrogen-bond donors (Lipinski definition) is 1. The average Bonchev–Trinajstić information content (AvgIpc) is 2.99. The van der Waals surface area contributed by atoms with E-state index >= 15 is 0 Å². The van der Waals surface area contributed by atoms with E-state index in [1.54, 1.807) is 18.5 Å². The van der Waals surface area contributed by atoms with Crippen LogP contribution in [0.5, 0.6) is 0 Å². The molecule has 0 saturated heterocycles. The van der Waals surface area contributed by atoms with Crippen LogP contribution in [-0.4, -0.2) is 19.7 Å². The van der Waals surface area contributed by atoms with Gasteiger partial charge in [-0.1, -0.05) is 19.1 Å². The fraction of sp³-hybridized carbons (Fsp3) is 0.312. The Kier molecular flexibility index (Phi) is 4.37. The second-order valence-electron chi connectivity index (χ2n) is 5.35. The first-order valence-corrected chi connectivity index (χ1v) is 7.56. The SMILES string of the molecule is CCCn1cnnc1CNc1ccnc2c(C(F)(F)F)cccc12. The van der Waals surface area contributed by atoms with Crippen molar-refractivity contribution in [3.63, 3.8) is 0 Å². The van der Waals surface area contributed by atoms with E-state index in [4.69, 9.17) is 0 Å². The zero-order chi connectivity index (χ0) is 17.2. The average molecular weight is 335 g/mol. The number of alkyl halides is 3. The van der Waals surface area contributed by atoms with Gasteiger partial charge in [0.15, 0.2) is 5.82 Å². The summed E-state index contributed by atoms with van der Waals surface area (Å²) in [7, 11) is 0. The molecule has 5 nitrogen and oxygen atoms in total. The van der Waals surface area contributed by atoms with Crippen molar-refractivity contribution >= 4 is 16.6 Å². The number of nitrogens with zero attached hydrogens (tertiary/aromatic N) is 4. The molecule has 0 radical (unpaired) electrons. The second kappa shape index (κ2) is 6.46. The zero-order valence-corrected chi connectivity index (χ0v) is 13.0. The molecule has 1 aromatic carbocycles. The molecule has 8 heteroatoms. The number of aryl methyl sites for hydroxylation is 1. The Hall–Kier alpha value is -2.64. The predicted molar refractivity (Wildman–Crippen MR) is 84.4 cm³/mol. The minimum Gasteiger partial charge on any atom is -0.377 e. The van der Waals surface area contributed by atoms with Crippen molar-refractivity contribution in [3.8, 4) is 0 Å². The van der Waals surface area contributed by atoms with Crippen molar-refractivity contribution < 1.29 is 13.2 Å². The van der Waals surface area contributed by atoms with E-state index in [0.29, 0.717) is 17.6 Å². The molecule has 0 amide bonds. The first-order chi connectivity index (χ1) is 11.5. The van der Waals surface area contributed by atoms with Gasteiger partial charge in [-0.15, -0.1) is 10.2 Å². The van der Waals surface area contributed by atoms with Gasteiger partial charge in [-0.25, -0.2) is 0 Å². The van der Waals surface area contributed by atoms with E-state index in [9.17, 15) is 13.2 Å². The quantitative estimate of drug-likeness (QED) is 0.769. The molecular weight excluding hydrogens is 319 g/mol. The van der Waals surface area contributed by atoms with Crippen LogP contribution in [0.4, 0.5) is 18.9 Å². The Bertz CT molecular complexity index is 841. The van der Waals surface area contributed by atoms with Crippen LogP contribution in [-0.2, 0) is 19.3 Å². The normalized spacial score (nSPS) is 11.8. The van der Waals surface area contributed by atoms with Gasteiger partial charge in [-0.3, -0.25) is 4.98 Å². The van der Waals surface area contributed by atoms with Gasteiger partial charge in [0.2, 0.25) is 0 Å². The van der Waals surface area contributed by atoms with Crippen LogP contribution in [0.3, 0.4) is 0 Å². The summed E-state index contributed by atoms with van der Waals surface area (Å²) in [5.41, 5.74) is -0.222. The Morgan fingerprint density at radius 3 is 2.79 bits per heavy atom. The van der Waals surface area contributed by atoms with Crippen molar-refractivity contribution in [3.05, 3.63) is 48.2 Å². The number of rotatable bonds is 5. The summed E-state index contributed by atoms with van der Waals surface area (Å²) >= 11 is 0. The smallest absolute Gasteiger partial charge is 0.377 e. The third kappa shape index (κ3) is 3.17. The summed E-state index contributed by atoms with van der Waals surface area (Å²) in [6.45, 7) is 3.21. The molecule has 0 aliphatic heterocycles. The highest BCUT2D eigenvalue weighted by Crippen LogP contribution is 2.35. The number of para-hydroxylation sites is 1. The first-order valence-electron chi connectivity index (χ1n) is 7.56. The van der Waals surface area contributed by atoms with Gasteiger partial charge in [-0.2, -0.15) is 13.2 Å². The standard InChI is InChI=1S/C16H16F3N5/c1-2-8-24-10-22-23-14(24)9-21-13-6-7-20-15-11(13)4-3-5-12(15)16(17,18)19/h3-7,10H,2,8-9H2,1H3,(H,20,21). The summed E-state index contributed by atoms with van der Waals surface area (Å²) in [5.74, 6) is 0.730. The van der Waals surface area contributed by atoms with Crippen LogP contribution in [0.25, 0.3) is 10.9 Å². The highest BCUT2D eigenvalue weighted by Gasteiger charge is 2.33. The number of fused-ring (bicyclic) bond motifs is 1. The van der Waals surface area contributed by atoms with Crippen LogP contribution in [0.1, 0.15) is 24.7 Å². The Labute approximate surface area is 136 Å². The topological polar surface area (TPSA) is 55.6 Å². The van der Waals surface area contributed by atoms with Crippen LogP contribution in [0, 0.1) is 0 Å². The van der Waals surface area contributed by atoms with Gasteiger partial charge in [-0.05, 0) is 18.6 Å². The number of aromatic nitrogens is 4. The van der Waals surface area contributed by atoms with Crippen LogP contribution < -0.4 is 5.32 Å². The molecule has 0 aliphatic carbocycles. The van der Waals surface area contributed by atoms with E-state index in [2.05, 4.69) is 20.5 Å². The summed E-state index contributed by atoms with van der Waals surface area (Å²) in [4.78, 5) is 3.91. The highest BCUT2D eigenvalue weighted by atomic mass is 19.4. The molecule has 0 spiro atoms. The molecule has 24 heavy (non-hydrogen) atoms. The van der Waals surface area contributed by atoms with Gasteiger partial charge in [0.1, 0.15) is 6.33 Å². The first kappa shape index (κ1) is 16.2. The van der Waals surface area contributed by atoms with Crippen molar-refractivity contribution in [2.24, 2.45) is 0 Å². The Balaban J connectivity index is 1.92. The van der Waals surface area contributed by atoms with E-state index in [1.165, 1.54) is 12.3 Å². The zero-order valence-electron chi connectivity index (χ0n) is 13.0. The second-order valence-corrected chi connectivity index (χ2v) is 5.35. The molecule has 0 saturated carbocycles. The monoisotopic (exact) mass is 335 g/mol. The van der Waals surface area contributed by atoms with Gasteiger partial charge in [0.05, 0.1) is 17.6 Å². The fourth-order valence-corrected chi connectivity index (χ4v) is 2.58. The van der Waals surface area contributed by atoms with Crippen LogP contribution >= 0.6 is 0 Å². The van der Waals surface area contributed by atoms with Gasteiger partial charge < -0.3 is 9.88 Å². The molecule has 0 fully saturated rings. The third-order valence-corrected chi connectivity index (χ3v) is 3.67. The van der Waals surface area contributed by atoms with Crippen molar-refractivity contribution in [2.75, 3.05) is 5.32 Å².